The first-order chi connectivity index (χ1) is 12.8. The third-order valence-corrected chi connectivity index (χ3v) is 5.98. The standard InChI is InChI=1S/C20H27Cl2N3O2/c1-13(2)11-23-18(26)12-25-5-3-20(4-6-25)10-17(20)24-19(27)14-7-15(21)9-16(22)8-14/h7-9,13,17H,3-6,10-12H2,1-2H3,(H,23,26)(H,24,27)/t17-/m1/s1. The molecule has 1 aliphatic carbocycles. The zero-order valence-electron chi connectivity index (χ0n) is 15.9. The molecule has 0 unspecified atom stereocenters. The van der Waals surface area contributed by atoms with Crippen LogP contribution < -0.4 is 10.6 Å². The van der Waals surface area contributed by atoms with Crippen LogP contribution in [0.15, 0.2) is 18.2 Å². The summed E-state index contributed by atoms with van der Waals surface area (Å²) in [5.41, 5.74) is 0.678. The number of rotatable bonds is 6. The second-order valence-corrected chi connectivity index (χ2v) is 9.10. The molecule has 2 aliphatic rings. The van der Waals surface area contributed by atoms with Gasteiger partial charge in [-0.05, 0) is 61.9 Å². The second kappa shape index (κ2) is 8.38. The number of benzene rings is 1. The summed E-state index contributed by atoms with van der Waals surface area (Å²) in [7, 11) is 0. The van der Waals surface area contributed by atoms with E-state index < -0.39 is 0 Å². The highest BCUT2D eigenvalue weighted by atomic mass is 35.5. The SMILES string of the molecule is CC(C)CNC(=O)CN1CCC2(CC1)C[C@H]2NC(=O)c1cc(Cl)cc(Cl)c1. The minimum Gasteiger partial charge on any atom is -0.355 e. The van der Waals surface area contributed by atoms with Gasteiger partial charge in [-0.3, -0.25) is 14.5 Å². The van der Waals surface area contributed by atoms with Crippen LogP contribution >= 0.6 is 23.2 Å². The van der Waals surface area contributed by atoms with Crippen molar-refractivity contribution in [2.75, 3.05) is 26.2 Å². The van der Waals surface area contributed by atoms with E-state index in [1.807, 2.05) is 0 Å². The molecule has 3 rings (SSSR count). The van der Waals surface area contributed by atoms with E-state index >= 15 is 0 Å². The minimum atomic E-state index is -0.128. The predicted molar refractivity (Wildman–Crippen MR) is 108 cm³/mol. The number of carbonyl (C=O) groups is 2. The van der Waals surface area contributed by atoms with Crippen molar-refractivity contribution in [1.29, 1.82) is 0 Å². The normalized spacial score (nSPS) is 21.3. The Hall–Kier alpha value is -1.30. The molecule has 1 aromatic rings. The van der Waals surface area contributed by atoms with Crippen molar-refractivity contribution in [1.82, 2.24) is 15.5 Å². The van der Waals surface area contributed by atoms with Gasteiger partial charge in [-0.2, -0.15) is 0 Å². The summed E-state index contributed by atoms with van der Waals surface area (Å²) in [6, 6.07) is 5.08. The molecule has 27 heavy (non-hydrogen) atoms. The highest BCUT2D eigenvalue weighted by molar-refractivity contribution is 6.35. The Bertz CT molecular complexity index is 695. The summed E-state index contributed by atoms with van der Waals surface area (Å²) >= 11 is 12.0. The average Bonchev–Trinajstić information content (AvgIpc) is 3.26. The monoisotopic (exact) mass is 411 g/mol. The summed E-state index contributed by atoms with van der Waals surface area (Å²) in [6.45, 7) is 7.14. The van der Waals surface area contributed by atoms with Gasteiger partial charge in [-0.15, -0.1) is 0 Å². The fourth-order valence-electron chi connectivity index (χ4n) is 3.76. The van der Waals surface area contributed by atoms with E-state index in [9.17, 15) is 9.59 Å². The highest BCUT2D eigenvalue weighted by Crippen LogP contribution is 2.53. The Morgan fingerprint density at radius 2 is 1.81 bits per heavy atom. The van der Waals surface area contributed by atoms with Crippen LogP contribution in [0.2, 0.25) is 10.0 Å². The van der Waals surface area contributed by atoms with E-state index in [0.29, 0.717) is 28.1 Å². The van der Waals surface area contributed by atoms with Crippen molar-refractivity contribution in [3.8, 4) is 0 Å². The van der Waals surface area contributed by atoms with Crippen LogP contribution in [0, 0.1) is 11.3 Å². The first-order valence-electron chi connectivity index (χ1n) is 9.53. The van der Waals surface area contributed by atoms with Gasteiger partial charge in [0.2, 0.25) is 5.91 Å². The lowest BCUT2D eigenvalue weighted by Gasteiger charge is -2.32. The molecule has 148 valence electrons. The van der Waals surface area contributed by atoms with Gasteiger partial charge >= 0.3 is 0 Å². The molecule has 0 bridgehead atoms. The van der Waals surface area contributed by atoms with E-state index in [0.717, 1.165) is 38.9 Å². The van der Waals surface area contributed by atoms with Crippen molar-refractivity contribution >= 4 is 35.0 Å². The van der Waals surface area contributed by atoms with Crippen LogP contribution in [-0.2, 0) is 4.79 Å². The fraction of sp³-hybridized carbons (Fsp3) is 0.600. The Kier molecular flexibility index (Phi) is 6.34. The first kappa shape index (κ1) is 20.4. The number of amides is 2. The topological polar surface area (TPSA) is 61.4 Å². The maximum atomic E-state index is 12.5. The zero-order valence-corrected chi connectivity index (χ0v) is 17.4. The maximum absolute atomic E-state index is 12.5. The smallest absolute Gasteiger partial charge is 0.251 e. The van der Waals surface area contributed by atoms with Gasteiger partial charge in [0, 0.05) is 28.2 Å². The molecule has 0 aromatic heterocycles. The Morgan fingerprint density at radius 3 is 2.41 bits per heavy atom. The predicted octanol–water partition coefficient (Wildman–Crippen LogP) is 3.35. The molecule has 5 nitrogen and oxygen atoms in total. The quantitative estimate of drug-likeness (QED) is 0.754. The third-order valence-electron chi connectivity index (χ3n) is 5.55. The van der Waals surface area contributed by atoms with Crippen LogP contribution in [0.1, 0.15) is 43.5 Å². The molecule has 1 atom stereocenters. The van der Waals surface area contributed by atoms with E-state index in [1.165, 1.54) is 0 Å². The average molecular weight is 412 g/mol. The van der Waals surface area contributed by atoms with Crippen molar-refractivity contribution in [3.63, 3.8) is 0 Å². The minimum absolute atomic E-state index is 0.0955. The first-order valence-corrected chi connectivity index (χ1v) is 10.3. The number of nitrogens with zero attached hydrogens (tertiary/aromatic N) is 1. The Labute approximate surface area is 170 Å². The van der Waals surface area contributed by atoms with Gasteiger partial charge in [-0.25, -0.2) is 0 Å². The van der Waals surface area contributed by atoms with Gasteiger partial charge in [0.25, 0.3) is 5.91 Å². The van der Waals surface area contributed by atoms with Crippen LogP contribution in [0.3, 0.4) is 0 Å². The summed E-state index contributed by atoms with van der Waals surface area (Å²) in [4.78, 5) is 26.7. The summed E-state index contributed by atoms with van der Waals surface area (Å²) in [5.74, 6) is 0.429. The third kappa shape index (κ3) is 5.37. The molecule has 1 saturated heterocycles. The van der Waals surface area contributed by atoms with Gasteiger partial charge in [0.05, 0.1) is 6.54 Å². The molecule has 0 radical (unpaired) electrons. The number of hydrogen-bond acceptors (Lipinski definition) is 3. The number of halogens is 2. The lowest BCUT2D eigenvalue weighted by Crippen LogP contribution is -2.44. The van der Waals surface area contributed by atoms with Crippen molar-refractivity contribution < 1.29 is 9.59 Å². The number of carbonyl (C=O) groups excluding carboxylic acids is 2. The van der Waals surface area contributed by atoms with Gasteiger partial charge in [0.1, 0.15) is 0 Å². The summed E-state index contributed by atoms with van der Waals surface area (Å²) in [6.07, 6.45) is 3.01. The summed E-state index contributed by atoms with van der Waals surface area (Å²) in [5, 5.41) is 7.01. The second-order valence-electron chi connectivity index (χ2n) is 8.22. The van der Waals surface area contributed by atoms with Gasteiger partial charge in [0.15, 0.2) is 0 Å². The molecule has 1 heterocycles. The molecule has 1 aromatic carbocycles. The lowest BCUT2D eigenvalue weighted by molar-refractivity contribution is -0.122. The lowest BCUT2D eigenvalue weighted by atomic mass is 9.92. The molecule has 7 heteroatoms. The van der Waals surface area contributed by atoms with E-state index in [-0.39, 0.29) is 23.3 Å². The molecule has 1 saturated carbocycles. The largest absolute Gasteiger partial charge is 0.355 e. The Morgan fingerprint density at radius 1 is 1.19 bits per heavy atom. The van der Waals surface area contributed by atoms with Crippen molar-refractivity contribution in [2.45, 2.75) is 39.2 Å². The molecule has 1 aliphatic heterocycles. The van der Waals surface area contributed by atoms with Crippen molar-refractivity contribution in [3.05, 3.63) is 33.8 Å². The summed E-state index contributed by atoms with van der Waals surface area (Å²) < 4.78 is 0. The molecule has 2 N–H and O–H groups in total. The Balaban J connectivity index is 1.45. The van der Waals surface area contributed by atoms with E-state index in [4.69, 9.17) is 23.2 Å². The van der Waals surface area contributed by atoms with Crippen LogP contribution in [0.4, 0.5) is 0 Å². The number of likely N-dealkylation sites (tertiary alicyclic amines) is 1. The maximum Gasteiger partial charge on any atom is 0.251 e. The van der Waals surface area contributed by atoms with Gasteiger partial charge < -0.3 is 10.6 Å². The number of piperidine rings is 1. The number of nitrogens with one attached hydrogen (secondary N) is 2. The fourth-order valence-corrected chi connectivity index (χ4v) is 4.29. The molecular weight excluding hydrogens is 385 g/mol. The van der Waals surface area contributed by atoms with E-state index in [2.05, 4.69) is 29.4 Å². The van der Waals surface area contributed by atoms with E-state index in [1.54, 1.807) is 18.2 Å². The molecule has 1 spiro atoms. The van der Waals surface area contributed by atoms with Gasteiger partial charge in [-0.1, -0.05) is 37.0 Å². The van der Waals surface area contributed by atoms with Crippen molar-refractivity contribution in [2.24, 2.45) is 11.3 Å². The molecule has 2 amide bonds. The van der Waals surface area contributed by atoms with Crippen LogP contribution in [-0.4, -0.2) is 48.9 Å². The van der Waals surface area contributed by atoms with Crippen LogP contribution in [0.25, 0.3) is 0 Å². The molecule has 2 fully saturated rings. The number of hydrogen-bond donors (Lipinski definition) is 2. The highest BCUT2D eigenvalue weighted by Gasteiger charge is 2.55. The van der Waals surface area contributed by atoms with Crippen LogP contribution in [0.5, 0.6) is 0 Å². The molecular formula is C20H27Cl2N3O2. The zero-order chi connectivity index (χ0) is 19.6.